The number of ether oxygens (including phenoxy) is 1. The van der Waals surface area contributed by atoms with E-state index >= 15 is 0 Å². The highest BCUT2D eigenvalue weighted by Gasteiger charge is 2.21. The lowest BCUT2D eigenvalue weighted by molar-refractivity contribution is 0.0983. The topological polar surface area (TPSA) is 85.4 Å². The Labute approximate surface area is 106 Å². The van der Waals surface area contributed by atoms with Crippen LogP contribution < -0.4 is 10.5 Å². The summed E-state index contributed by atoms with van der Waals surface area (Å²) in [7, 11) is 0. The van der Waals surface area contributed by atoms with Crippen LogP contribution in [0.15, 0.2) is 18.3 Å². The molecular weight excluding hydrogens is 232 g/mol. The van der Waals surface area contributed by atoms with Gasteiger partial charge in [-0.3, -0.25) is 9.78 Å². The first-order valence-electron chi connectivity index (χ1n) is 6.22. The molecule has 1 aromatic rings. The zero-order valence-corrected chi connectivity index (χ0v) is 10.2. The molecule has 1 aromatic heterocycles. The molecule has 0 bridgehead atoms. The number of aliphatic hydroxyl groups excluding tert-OH is 1. The smallest absolute Gasteiger partial charge is 0.267 e. The average molecular weight is 250 g/mol. The van der Waals surface area contributed by atoms with Gasteiger partial charge in [-0.15, -0.1) is 0 Å². The highest BCUT2D eigenvalue weighted by molar-refractivity contribution is 5.91. The second-order valence-corrected chi connectivity index (χ2v) is 4.68. The minimum absolute atomic E-state index is 0.149. The molecule has 18 heavy (non-hydrogen) atoms. The van der Waals surface area contributed by atoms with E-state index in [1.165, 1.54) is 6.20 Å². The number of carbonyl (C=O) groups is 1. The maximum absolute atomic E-state index is 11.0. The number of aromatic nitrogens is 1. The number of aliphatic hydroxyl groups is 1. The molecule has 5 heteroatoms. The van der Waals surface area contributed by atoms with Crippen molar-refractivity contribution in [2.24, 2.45) is 11.7 Å². The second-order valence-electron chi connectivity index (χ2n) is 4.68. The minimum atomic E-state index is -0.551. The summed E-state index contributed by atoms with van der Waals surface area (Å²) in [6.45, 7) is 0.258. The van der Waals surface area contributed by atoms with E-state index in [1.807, 2.05) is 0 Å². The first-order chi connectivity index (χ1) is 8.69. The van der Waals surface area contributed by atoms with Gasteiger partial charge >= 0.3 is 0 Å². The van der Waals surface area contributed by atoms with Crippen molar-refractivity contribution in [2.75, 3.05) is 6.61 Å². The van der Waals surface area contributed by atoms with Gasteiger partial charge in [-0.25, -0.2) is 0 Å². The number of amides is 1. The van der Waals surface area contributed by atoms with Crippen LogP contribution in [0.5, 0.6) is 5.75 Å². The number of rotatable bonds is 4. The van der Waals surface area contributed by atoms with Gasteiger partial charge in [0.2, 0.25) is 0 Å². The summed E-state index contributed by atoms with van der Waals surface area (Å²) in [6.07, 6.45) is 5.49. The molecule has 0 aromatic carbocycles. The molecule has 1 fully saturated rings. The number of primary amides is 1. The summed E-state index contributed by atoms with van der Waals surface area (Å²) < 4.78 is 5.81. The largest absolute Gasteiger partial charge is 0.490 e. The van der Waals surface area contributed by atoms with Crippen LogP contribution in [0.3, 0.4) is 0 Å². The first-order valence-corrected chi connectivity index (χ1v) is 6.22. The van der Waals surface area contributed by atoms with Crippen molar-refractivity contribution in [2.45, 2.75) is 31.8 Å². The van der Waals surface area contributed by atoms with Gasteiger partial charge in [0.15, 0.2) is 0 Å². The van der Waals surface area contributed by atoms with Crippen LogP contribution in [0, 0.1) is 5.92 Å². The molecule has 1 heterocycles. The monoisotopic (exact) mass is 250 g/mol. The molecule has 0 radical (unpaired) electrons. The fraction of sp³-hybridized carbons (Fsp3) is 0.538. The Bertz CT molecular complexity index is 414. The highest BCUT2D eigenvalue weighted by atomic mass is 16.5. The third-order valence-corrected chi connectivity index (χ3v) is 3.34. The van der Waals surface area contributed by atoms with Crippen LogP contribution in [0.4, 0.5) is 0 Å². The molecule has 0 saturated heterocycles. The fourth-order valence-corrected chi connectivity index (χ4v) is 2.24. The zero-order valence-electron chi connectivity index (χ0n) is 10.2. The van der Waals surface area contributed by atoms with Gasteiger partial charge in [0.1, 0.15) is 11.4 Å². The van der Waals surface area contributed by atoms with E-state index < -0.39 is 5.91 Å². The van der Waals surface area contributed by atoms with Gasteiger partial charge in [0.25, 0.3) is 5.91 Å². The fourth-order valence-electron chi connectivity index (χ4n) is 2.24. The number of nitrogens with two attached hydrogens (primary N) is 1. The summed E-state index contributed by atoms with van der Waals surface area (Å²) in [5, 5.41) is 9.06. The highest BCUT2D eigenvalue weighted by Crippen LogP contribution is 2.27. The third kappa shape index (κ3) is 3.20. The van der Waals surface area contributed by atoms with Gasteiger partial charge in [-0.2, -0.15) is 0 Å². The standard InChI is InChI=1S/C13H18N2O3/c14-13(17)12-7-11(5-6-15-12)18-10-3-1-9(8-16)2-4-10/h5-7,9-10,16H,1-4,8H2,(H2,14,17). The Hall–Kier alpha value is -1.62. The van der Waals surface area contributed by atoms with Crippen LogP contribution >= 0.6 is 0 Å². The van der Waals surface area contributed by atoms with Gasteiger partial charge in [0, 0.05) is 18.9 Å². The van der Waals surface area contributed by atoms with Crippen molar-refractivity contribution in [3.63, 3.8) is 0 Å². The number of hydrogen-bond donors (Lipinski definition) is 2. The predicted molar refractivity (Wildman–Crippen MR) is 66.2 cm³/mol. The van der Waals surface area contributed by atoms with E-state index in [-0.39, 0.29) is 18.4 Å². The van der Waals surface area contributed by atoms with Crippen molar-refractivity contribution in [1.82, 2.24) is 4.98 Å². The molecule has 0 unspecified atom stereocenters. The van der Waals surface area contributed by atoms with Crippen LogP contribution in [-0.4, -0.2) is 28.7 Å². The number of nitrogens with zero attached hydrogens (tertiary/aromatic N) is 1. The van der Waals surface area contributed by atoms with Crippen molar-refractivity contribution in [3.05, 3.63) is 24.0 Å². The van der Waals surface area contributed by atoms with Crippen LogP contribution in [0.2, 0.25) is 0 Å². The van der Waals surface area contributed by atoms with Gasteiger partial charge < -0.3 is 15.6 Å². The molecule has 0 atom stereocenters. The van der Waals surface area contributed by atoms with Crippen molar-refractivity contribution < 1.29 is 14.6 Å². The van der Waals surface area contributed by atoms with E-state index in [4.69, 9.17) is 15.6 Å². The summed E-state index contributed by atoms with van der Waals surface area (Å²) in [6, 6.07) is 3.30. The molecular formula is C13H18N2O3. The van der Waals surface area contributed by atoms with E-state index in [0.29, 0.717) is 11.7 Å². The van der Waals surface area contributed by atoms with Crippen molar-refractivity contribution in [3.8, 4) is 5.75 Å². The number of pyridine rings is 1. The Kier molecular flexibility index (Phi) is 4.15. The van der Waals surface area contributed by atoms with Crippen LogP contribution in [-0.2, 0) is 0 Å². The van der Waals surface area contributed by atoms with Gasteiger partial charge in [-0.1, -0.05) is 0 Å². The molecule has 98 valence electrons. The number of carbonyl (C=O) groups excluding carboxylic acids is 1. The lowest BCUT2D eigenvalue weighted by Crippen LogP contribution is -2.25. The normalized spacial score (nSPS) is 23.6. The Balaban J connectivity index is 1.94. The summed E-state index contributed by atoms with van der Waals surface area (Å²) >= 11 is 0. The molecule has 1 aliphatic rings. The SMILES string of the molecule is NC(=O)c1cc(OC2CCC(CO)CC2)ccn1. The zero-order chi connectivity index (χ0) is 13.0. The Morgan fingerprint density at radius 2 is 2.17 bits per heavy atom. The lowest BCUT2D eigenvalue weighted by Gasteiger charge is -2.27. The van der Waals surface area contributed by atoms with E-state index in [0.717, 1.165) is 25.7 Å². The molecule has 5 nitrogen and oxygen atoms in total. The third-order valence-electron chi connectivity index (χ3n) is 3.34. The molecule has 3 N–H and O–H groups in total. The first kappa shape index (κ1) is 12.8. The van der Waals surface area contributed by atoms with Gasteiger partial charge in [0.05, 0.1) is 6.10 Å². The molecule has 0 spiro atoms. The predicted octanol–water partition coefficient (Wildman–Crippen LogP) is 1.11. The van der Waals surface area contributed by atoms with Crippen LogP contribution in [0.1, 0.15) is 36.2 Å². The lowest BCUT2D eigenvalue weighted by atomic mass is 9.88. The Morgan fingerprint density at radius 3 is 2.78 bits per heavy atom. The maximum Gasteiger partial charge on any atom is 0.267 e. The van der Waals surface area contributed by atoms with E-state index in [1.54, 1.807) is 12.1 Å². The maximum atomic E-state index is 11.0. The molecule has 1 saturated carbocycles. The number of hydrogen-bond acceptors (Lipinski definition) is 4. The molecule has 1 amide bonds. The summed E-state index contributed by atoms with van der Waals surface area (Å²) in [5.41, 5.74) is 5.39. The van der Waals surface area contributed by atoms with E-state index in [2.05, 4.69) is 4.98 Å². The average Bonchev–Trinajstić information content (AvgIpc) is 2.40. The van der Waals surface area contributed by atoms with E-state index in [9.17, 15) is 4.79 Å². The quantitative estimate of drug-likeness (QED) is 0.838. The molecule has 1 aliphatic carbocycles. The van der Waals surface area contributed by atoms with Crippen molar-refractivity contribution in [1.29, 1.82) is 0 Å². The summed E-state index contributed by atoms with van der Waals surface area (Å²) in [5.74, 6) is 0.485. The molecule has 2 rings (SSSR count). The second kappa shape index (κ2) is 5.82. The van der Waals surface area contributed by atoms with Gasteiger partial charge in [-0.05, 0) is 37.7 Å². The van der Waals surface area contributed by atoms with Crippen molar-refractivity contribution >= 4 is 5.91 Å². The van der Waals surface area contributed by atoms with Crippen LogP contribution in [0.25, 0.3) is 0 Å². The summed E-state index contributed by atoms with van der Waals surface area (Å²) in [4.78, 5) is 14.9. The molecule has 0 aliphatic heterocycles. The minimum Gasteiger partial charge on any atom is -0.490 e. The Morgan fingerprint density at radius 1 is 1.44 bits per heavy atom.